The molecule has 0 spiro atoms. The minimum Gasteiger partial charge on any atom is -0.478 e. The third kappa shape index (κ3) is 61.6. The van der Waals surface area contributed by atoms with E-state index in [9.17, 15) is 14.4 Å². The van der Waals surface area contributed by atoms with E-state index in [-0.39, 0.29) is 19.2 Å². The quantitative estimate of drug-likeness (QED) is 0.316. The molecular weight excluding hydrogens is 352 g/mol. The first-order chi connectivity index (χ1) is 11.6. The van der Waals surface area contributed by atoms with Crippen LogP contribution in [0.3, 0.4) is 0 Å². The van der Waals surface area contributed by atoms with Crippen molar-refractivity contribution in [2.75, 3.05) is 13.2 Å². The van der Waals surface area contributed by atoms with Crippen molar-refractivity contribution in [3.05, 3.63) is 49.3 Å². The number of carbonyl (C=O) groups is 3. The van der Waals surface area contributed by atoms with E-state index in [2.05, 4.69) is 29.2 Å². The van der Waals surface area contributed by atoms with Crippen molar-refractivity contribution >= 4 is 29.5 Å². The molecule has 0 radical (unpaired) electrons. The van der Waals surface area contributed by atoms with Gasteiger partial charge in [0.2, 0.25) is 0 Å². The van der Waals surface area contributed by atoms with Gasteiger partial charge in [0, 0.05) is 32.1 Å². The zero-order valence-electron chi connectivity index (χ0n) is 14.9. The van der Waals surface area contributed by atoms with Crippen LogP contribution >= 0.6 is 11.6 Å². The van der Waals surface area contributed by atoms with Crippen LogP contribution in [0.5, 0.6) is 0 Å². The number of carboxylic acids is 1. The minimum atomic E-state index is -0.875. The number of halogens is 1. The molecule has 0 amide bonds. The molecule has 0 aliphatic heterocycles. The Morgan fingerprint density at radius 2 is 1.60 bits per heavy atom. The second-order valence-corrected chi connectivity index (χ2v) is 4.25. The van der Waals surface area contributed by atoms with Crippen molar-refractivity contribution in [3.8, 4) is 0 Å². The van der Waals surface area contributed by atoms with Crippen LogP contribution in [0.1, 0.15) is 27.2 Å². The second-order valence-electron chi connectivity index (χ2n) is 3.94. The smallest absolute Gasteiger partial charge is 0.330 e. The molecule has 2 N–H and O–H groups in total. The van der Waals surface area contributed by atoms with Gasteiger partial charge in [-0.15, -0.1) is 0 Å². The van der Waals surface area contributed by atoms with E-state index in [1.807, 2.05) is 0 Å². The number of esters is 2. The number of carboxylic acid groups (broad SMARTS) is 1. The molecule has 25 heavy (non-hydrogen) atoms. The van der Waals surface area contributed by atoms with Crippen molar-refractivity contribution in [2.24, 2.45) is 0 Å². The molecule has 0 rings (SSSR count). The van der Waals surface area contributed by atoms with Gasteiger partial charge in [-0.2, -0.15) is 0 Å². The molecule has 8 heteroatoms. The lowest BCUT2D eigenvalue weighted by Gasteiger charge is -1.96. The number of allylic oxidation sites excluding steroid dienone is 1. The standard InChI is InChI=1S/C6H10O3.C5H8O2.C4H6O2.C2H3Cl/c1-2-6(8)9-5-3-4-7;1-4(2)3-5(6)7;1-3-6-4(2)5;1-2-3/h2,7H,1,3-5H2;3H,1-2H3,(H,6,7);3H,1H2,2H3;2H,1H2. The number of hydrogen-bond donors (Lipinski definition) is 2. The molecule has 0 fully saturated rings. The van der Waals surface area contributed by atoms with Crippen molar-refractivity contribution in [2.45, 2.75) is 27.2 Å². The summed E-state index contributed by atoms with van der Waals surface area (Å²) in [6, 6.07) is 0. The van der Waals surface area contributed by atoms with Crippen LogP contribution in [0.4, 0.5) is 0 Å². The molecule has 0 unspecified atom stereocenters. The molecule has 0 aliphatic carbocycles. The van der Waals surface area contributed by atoms with Gasteiger partial charge in [-0.3, -0.25) is 4.79 Å². The van der Waals surface area contributed by atoms with Crippen LogP contribution in [-0.2, 0) is 23.9 Å². The number of hydrogen-bond acceptors (Lipinski definition) is 6. The molecule has 0 aromatic heterocycles. The molecule has 7 nitrogen and oxygen atoms in total. The van der Waals surface area contributed by atoms with Crippen molar-refractivity contribution in [1.82, 2.24) is 0 Å². The molecule has 0 aromatic rings. The maximum Gasteiger partial charge on any atom is 0.330 e. The summed E-state index contributed by atoms with van der Waals surface area (Å²) in [5.41, 5.74) is 2.03. The fourth-order valence-corrected chi connectivity index (χ4v) is 0.661. The van der Waals surface area contributed by atoms with Crippen LogP contribution in [0.2, 0.25) is 0 Å². The summed E-state index contributed by atoms with van der Waals surface area (Å²) < 4.78 is 8.68. The highest BCUT2D eigenvalue weighted by atomic mass is 35.5. The fraction of sp³-hybridized carbons (Fsp3) is 0.353. The number of aliphatic carboxylic acids is 1. The average Bonchev–Trinajstić information content (AvgIpc) is 2.47. The third-order valence-corrected chi connectivity index (χ3v) is 1.37. The summed E-state index contributed by atoms with van der Waals surface area (Å²) in [5, 5.41) is 16.2. The molecular formula is C17H27ClO7. The van der Waals surface area contributed by atoms with Gasteiger partial charge in [-0.05, 0) is 19.4 Å². The Morgan fingerprint density at radius 1 is 1.12 bits per heavy atom. The van der Waals surface area contributed by atoms with Gasteiger partial charge in [0.25, 0.3) is 0 Å². The highest BCUT2D eigenvalue weighted by molar-refractivity contribution is 6.25. The lowest BCUT2D eigenvalue weighted by Crippen LogP contribution is -2.02. The maximum atomic E-state index is 10.3. The Balaban J connectivity index is -0.000000125. The number of rotatable bonds is 6. The van der Waals surface area contributed by atoms with Crippen LogP contribution < -0.4 is 0 Å². The summed E-state index contributed by atoms with van der Waals surface area (Å²) in [4.78, 5) is 29.7. The van der Waals surface area contributed by atoms with Gasteiger partial charge < -0.3 is 19.7 Å². The SMILES string of the molecule is C=CC(=O)OCCCO.C=CCl.C=COC(C)=O.CC(C)=CC(=O)O. The van der Waals surface area contributed by atoms with E-state index in [1.54, 1.807) is 13.8 Å². The molecule has 0 saturated heterocycles. The van der Waals surface area contributed by atoms with Gasteiger partial charge in [0.15, 0.2) is 0 Å². The zero-order valence-corrected chi connectivity index (χ0v) is 15.6. The van der Waals surface area contributed by atoms with Gasteiger partial charge in [0.05, 0.1) is 12.9 Å². The molecule has 0 heterocycles. The Kier molecular flexibility index (Phi) is 32.3. The van der Waals surface area contributed by atoms with Crippen LogP contribution in [0.25, 0.3) is 0 Å². The van der Waals surface area contributed by atoms with E-state index in [0.717, 1.165) is 17.9 Å². The molecule has 144 valence electrons. The van der Waals surface area contributed by atoms with Crippen molar-refractivity contribution < 1.29 is 34.1 Å². The normalized spacial score (nSPS) is 7.40. The zero-order chi connectivity index (χ0) is 20.7. The van der Waals surface area contributed by atoms with Crippen LogP contribution in [0.15, 0.2) is 49.3 Å². The molecule has 0 bridgehead atoms. The lowest BCUT2D eigenvalue weighted by molar-refractivity contribution is -0.138. The number of aliphatic hydroxyl groups excluding tert-OH is 1. The summed E-state index contributed by atoms with van der Waals surface area (Å²) in [6.07, 6.45) is 3.85. The third-order valence-electron chi connectivity index (χ3n) is 1.37. The van der Waals surface area contributed by atoms with Crippen LogP contribution in [0, 0.1) is 0 Å². The number of aliphatic hydroxyl groups is 1. The monoisotopic (exact) mass is 378 g/mol. The van der Waals surface area contributed by atoms with Gasteiger partial charge in [-0.1, -0.05) is 36.9 Å². The van der Waals surface area contributed by atoms with Crippen molar-refractivity contribution in [3.63, 3.8) is 0 Å². The van der Waals surface area contributed by atoms with E-state index in [4.69, 9.17) is 21.8 Å². The summed E-state index contributed by atoms with van der Waals surface area (Å²) in [5.74, 6) is -1.64. The number of ether oxygens (including phenoxy) is 2. The van der Waals surface area contributed by atoms with E-state index in [0.29, 0.717) is 6.42 Å². The maximum absolute atomic E-state index is 10.3. The Bertz CT molecular complexity index is 425. The van der Waals surface area contributed by atoms with E-state index >= 15 is 0 Å². The molecule has 0 saturated carbocycles. The topological polar surface area (TPSA) is 110 Å². The highest BCUT2D eigenvalue weighted by Gasteiger charge is 1.91. The minimum absolute atomic E-state index is 0.0461. The molecule has 0 aromatic carbocycles. The first-order valence-electron chi connectivity index (χ1n) is 6.89. The molecule has 0 atom stereocenters. The fourth-order valence-electron chi connectivity index (χ4n) is 0.661. The van der Waals surface area contributed by atoms with Crippen molar-refractivity contribution in [1.29, 1.82) is 0 Å². The van der Waals surface area contributed by atoms with E-state index in [1.165, 1.54) is 18.5 Å². The summed E-state index contributed by atoms with van der Waals surface area (Å²) in [6.45, 7) is 14.6. The molecule has 0 aliphatic rings. The van der Waals surface area contributed by atoms with Gasteiger partial charge >= 0.3 is 17.9 Å². The first-order valence-corrected chi connectivity index (χ1v) is 7.33. The van der Waals surface area contributed by atoms with Gasteiger partial charge in [0.1, 0.15) is 0 Å². The summed E-state index contributed by atoms with van der Waals surface area (Å²) in [7, 11) is 0. The first kappa shape index (κ1) is 30.5. The van der Waals surface area contributed by atoms with Gasteiger partial charge in [-0.25, -0.2) is 9.59 Å². The Hall–Kier alpha value is -2.38. The number of carbonyl (C=O) groups excluding carboxylic acids is 2. The largest absolute Gasteiger partial charge is 0.478 e. The predicted octanol–water partition coefficient (Wildman–Crippen LogP) is 3.20. The van der Waals surface area contributed by atoms with E-state index < -0.39 is 11.9 Å². The average molecular weight is 379 g/mol. The lowest BCUT2D eigenvalue weighted by atomic mass is 10.3. The highest BCUT2D eigenvalue weighted by Crippen LogP contribution is 1.85. The predicted molar refractivity (Wildman–Crippen MR) is 97.9 cm³/mol. The Morgan fingerprint density at radius 3 is 1.76 bits per heavy atom. The second kappa shape index (κ2) is 26.5. The summed E-state index contributed by atoms with van der Waals surface area (Å²) >= 11 is 4.76. The van der Waals surface area contributed by atoms with Crippen LogP contribution in [-0.4, -0.2) is 41.3 Å². The Labute approximate surface area is 153 Å².